The molecule has 1 saturated heterocycles. The van der Waals surface area contributed by atoms with Crippen molar-refractivity contribution in [3.05, 3.63) is 69.4 Å². The van der Waals surface area contributed by atoms with Crippen LogP contribution in [0.15, 0.2) is 51.7 Å². The van der Waals surface area contributed by atoms with Crippen LogP contribution in [0.3, 0.4) is 0 Å². The van der Waals surface area contributed by atoms with Crippen LogP contribution in [0, 0.1) is 12.3 Å². The van der Waals surface area contributed by atoms with Gasteiger partial charge in [-0.2, -0.15) is 0 Å². The van der Waals surface area contributed by atoms with E-state index in [1.165, 1.54) is 7.11 Å². The van der Waals surface area contributed by atoms with Crippen molar-refractivity contribution in [1.82, 2.24) is 0 Å². The van der Waals surface area contributed by atoms with Gasteiger partial charge in [-0.25, -0.2) is 0 Å². The Kier molecular flexibility index (Phi) is 6.50. The Morgan fingerprint density at radius 2 is 1.82 bits per heavy atom. The van der Waals surface area contributed by atoms with Crippen molar-refractivity contribution in [2.75, 3.05) is 30.4 Å². The maximum atomic E-state index is 13.1. The van der Waals surface area contributed by atoms with Gasteiger partial charge in [0.15, 0.2) is 17.6 Å². The van der Waals surface area contributed by atoms with Gasteiger partial charge in [0.2, 0.25) is 0 Å². The third kappa shape index (κ3) is 4.92. The minimum absolute atomic E-state index is 0.0246. The summed E-state index contributed by atoms with van der Waals surface area (Å²) in [5.41, 5.74) is 4.22. The van der Waals surface area contributed by atoms with E-state index in [1.54, 1.807) is 6.07 Å². The quantitative estimate of drug-likeness (QED) is 0.481. The third-order valence-corrected chi connectivity index (χ3v) is 6.71. The lowest BCUT2D eigenvalue weighted by Gasteiger charge is -2.37. The molecule has 0 spiro atoms. The highest BCUT2D eigenvalue weighted by Gasteiger charge is 2.27. The highest BCUT2D eigenvalue weighted by molar-refractivity contribution is 5.82. The molecule has 0 radical (unpaired) electrons. The van der Waals surface area contributed by atoms with E-state index in [-0.39, 0.29) is 11.5 Å². The Hall–Kier alpha value is -2.83. The first-order chi connectivity index (χ1) is 15.7. The highest BCUT2D eigenvalue weighted by Crippen LogP contribution is 2.35. The summed E-state index contributed by atoms with van der Waals surface area (Å²) in [6.07, 6.45) is 1.10. The van der Waals surface area contributed by atoms with Crippen molar-refractivity contribution >= 4 is 22.5 Å². The molecule has 0 aliphatic carbocycles. The van der Waals surface area contributed by atoms with E-state index >= 15 is 0 Å². The lowest BCUT2D eigenvalue weighted by atomic mass is 9.83. The summed E-state index contributed by atoms with van der Waals surface area (Å²) in [4.78, 5) is 15.3. The number of hydrogen-bond acceptors (Lipinski definition) is 6. The van der Waals surface area contributed by atoms with Crippen LogP contribution in [0.1, 0.15) is 62.6 Å². The molecule has 2 unspecified atom stereocenters. The number of para-hydroxylation sites is 1. The molecule has 1 aromatic heterocycles. The number of fused-ring (bicyclic) bond motifs is 1. The monoisotopic (exact) mass is 450 g/mol. The zero-order chi connectivity index (χ0) is 23.8. The van der Waals surface area contributed by atoms with Crippen LogP contribution in [0.5, 0.6) is 0 Å². The Balaban J connectivity index is 1.73. The first kappa shape index (κ1) is 23.3. The molecule has 2 N–H and O–H groups in total. The van der Waals surface area contributed by atoms with Gasteiger partial charge in [-0.3, -0.25) is 4.79 Å². The average Bonchev–Trinajstić information content (AvgIpc) is 2.78. The fourth-order valence-electron chi connectivity index (χ4n) is 4.51. The predicted octanol–water partition coefficient (Wildman–Crippen LogP) is 5.54. The van der Waals surface area contributed by atoms with E-state index in [0.29, 0.717) is 27.8 Å². The number of aliphatic hydroxyl groups excluding tert-OH is 1. The van der Waals surface area contributed by atoms with Crippen LogP contribution in [-0.4, -0.2) is 25.3 Å². The van der Waals surface area contributed by atoms with E-state index in [4.69, 9.17) is 9.15 Å². The van der Waals surface area contributed by atoms with Crippen LogP contribution in [0.25, 0.3) is 11.0 Å². The van der Waals surface area contributed by atoms with Crippen molar-refractivity contribution in [3.8, 4) is 0 Å². The molecule has 33 heavy (non-hydrogen) atoms. The maximum Gasteiger partial charge on any atom is 0.200 e. The van der Waals surface area contributed by atoms with Gasteiger partial charge in [0.25, 0.3) is 0 Å². The molecular formula is C27H34N2O4. The summed E-state index contributed by atoms with van der Waals surface area (Å²) in [5.74, 6) is 0.635. The van der Waals surface area contributed by atoms with Gasteiger partial charge in [-0.05, 0) is 49.8 Å². The second-order valence-corrected chi connectivity index (χ2v) is 9.87. The number of hydrogen-bond donors (Lipinski definition) is 2. The Morgan fingerprint density at radius 1 is 1.12 bits per heavy atom. The fraction of sp³-hybridized carbons (Fsp3) is 0.444. The van der Waals surface area contributed by atoms with Crippen molar-refractivity contribution < 1.29 is 14.3 Å². The van der Waals surface area contributed by atoms with Gasteiger partial charge in [0, 0.05) is 43.1 Å². The summed E-state index contributed by atoms with van der Waals surface area (Å²) in [6.45, 7) is 10.3. The van der Waals surface area contributed by atoms with E-state index < -0.39 is 6.29 Å². The summed E-state index contributed by atoms with van der Waals surface area (Å²) < 4.78 is 11.5. The molecule has 176 valence electrons. The zero-order valence-electron chi connectivity index (χ0n) is 20.1. The molecule has 1 aliphatic rings. The molecule has 1 fully saturated rings. The lowest BCUT2D eigenvalue weighted by Crippen LogP contribution is -2.37. The van der Waals surface area contributed by atoms with E-state index in [9.17, 15) is 9.90 Å². The van der Waals surface area contributed by atoms with Crippen molar-refractivity contribution in [3.63, 3.8) is 0 Å². The molecule has 0 bridgehead atoms. The van der Waals surface area contributed by atoms with Crippen LogP contribution in [0.2, 0.25) is 0 Å². The number of aryl methyl sites for hydroxylation is 1. The normalized spacial score (nSPS) is 17.7. The number of nitrogens with one attached hydrogen (secondary N) is 1. The number of benzene rings is 2. The molecule has 2 heterocycles. The van der Waals surface area contributed by atoms with Crippen molar-refractivity contribution in [2.45, 2.75) is 52.9 Å². The molecule has 0 saturated carbocycles. The smallest absolute Gasteiger partial charge is 0.200 e. The zero-order valence-corrected chi connectivity index (χ0v) is 20.1. The Labute approximate surface area is 195 Å². The molecule has 2 atom stereocenters. The van der Waals surface area contributed by atoms with Gasteiger partial charge in [-0.1, -0.05) is 38.1 Å². The van der Waals surface area contributed by atoms with E-state index in [2.05, 4.69) is 30.1 Å². The van der Waals surface area contributed by atoms with Gasteiger partial charge in [-0.15, -0.1) is 0 Å². The molecule has 4 rings (SSSR count). The van der Waals surface area contributed by atoms with Gasteiger partial charge in [0.1, 0.15) is 5.58 Å². The summed E-state index contributed by atoms with van der Waals surface area (Å²) in [6, 6.07) is 12.9. The fourth-order valence-corrected chi connectivity index (χ4v) is 4.51. The van der Waals surface area contributed by atoms with Crippen LogP contribution in [-0.2, 0) is 4.74 Å². The minimum Gasteiger partial charge on any atom is -0.440 e. The standard InChI is InChI=1S/C27H34N2O4/c1-17-14-20(18(2)28-22-9-7-6-8-19(22)26(31)32-5)25-21(15-17)23(30)16-24(33-25)29-12-10-27(3,4)11-13-29/h6-9,14-16,18,26,28,31H,10-13H2,1-5H3. The molecule has 6 heteroatoms. The number of rotatable bonds is 6. The number of piperidine rings is 1. The SMILES string of the molecule is COC(O)c1ccccc1NC(C)c1cc(C)cc2c(=O)cc(N3CCC(C)(C)CC3)oc12. The van der Waals surface area contributed by atoms with Gasteiger partial charge < -0.3 is 24.5 Å². The van der Waals surface area contributed by atoms with E-state index in [1.807, 2.05) is 44.2 Å². The first-order valence-corrected chi connectivity index (χ1v) is 11.6. The molecular weight excluding hydrogens is 416 g/mol. The van der Waals surface area contributed by atoms with Crippen molar-refractivity contribution in [2.24, 2.45) is 5.41 Å². The summed E-state index contributed by atoms with van der Waals surface area (Å²) >= 11 is 0. The Bertz CT molecular complexity index is 1190. The number of ether oxygens (including phenoxy) is 1. The maximum absolute atomic E-state index is 13.1. The van der Waals surface area contributed by atoms with Crippen molar-refractivity contribution in [1.29, 1.82) is 0 Å². The summed E-state index contributed by atoms with van der Waals surface area (Å²) in [7, 11) is 1.47. The number of aliphatic hydroxyl groups is 1. The molecule has 2 aromatic carbocycles. The van der Waals surface area contributed by atoms with Gasteiger partial charge >= 0.3 is 0 Å². The molecule has 6 nitrogen and oxygen atoms in total. The average molecular weight is 451 g/mol. The number of anilines is 2. The molecule has 1 aliphatic heterocycles. The number of methoxy groups -OCH3 is 1. The first-order valence-electron chi connectivity index (χ1n) is 11.6. The van der Waals surface area contributed by atoms with E-state index in [0.717, 1.165) is 42.7 Å². The second-order valence-electron chi connectivity index (χ2n) is 9.87. The highest BCUT2D eigenvalue weighted by atomic mass is 16.6. The largest absolute Gasteiger partial charge is 0.440 e. The topological polar surface area (TPSA) is 74.9 Å². The molecule has 3 aromatic rings. The van der Waals surface area contributed by atoms with Crippen LogP contribution < -0.4 is 15.6 Å². The van der Waals surface area contributed by atoms with Gasteiger partial charge in [0.05, 0.1) is 11.4 Å². The minimum atomic E-state index is -1.02. The summed E-state index contributed by atoms with van der Waals surface area (Å²) in [5, 5.41) is 14.3. The molecule has 0 amide bonds. The second kappa shape index (κ2) is 9.20. The lowest BCUT2D eigenvalue weighted by molar-refractivity contribution is -0.0764. The number of nitrogens with zero attached hydrogens (tertiary/aromatic N) is 1. The Morgan fingerprint density at radius 3 is 2.52 bits per heavy atom. The van der Waals surface area contributed by atoms with Crippen LogP contribution >= 0.6 is 0 Å². The predicted molar refractivity (Wildman–Crippen MR) is 133 cm³/mol. The van der Waals surface area contributed by atoms with Crippen LogP contribution in [0.4, 0.5) is 11.6 Å². The third-order valence-electron chi connectivity index (χ3n) is 6.71.